The first-order valence-corrected chi connectivity index (χ1v) is 8.75. The maximum absolute atomic E-state index is 10.8. The second-order valence-corrected chi connectivity index (χ2v) is 7.36. The Morgan fingerprint density at radius 2 is 1.45 bits per heavy atom. The maximum Gasteiger partial charge on any atom is 0.0732 e. The lowest BCUT2D eigenvalue weighted by atomic mass is 9.62. The summed E-state index contributed by atoms with van der Waals surface area (Å²) in [6.45, 7) is 15.7. The molecule has 0 saturated heterocycles. The van der Waals surface area contributed by atoms with Crippen LogP contribution in [0.5, 0.6) is 0 Å². The predicted molar refractivity (Wildman–Crippen MR) is 93.1 cm³/mol. The van der Waals surface area contributed by atoms with Gasteiger partial charge in [0.1, 0.15) is 0 Å². The van der Waals surface area contributed by atoms with E-state index >= 15 is 0 Å². The number of rotatable bonds is 10. The summed E-state index contributed by atoms with van der Waals surface area (Å²) in [5.41, 5.74) is 0.497. The van der Waals surface area contributed by atoms with Gasteiger partial charge >= 0.3 is 0 Å². The summed E-state index contributed by atoms with van der Waals surface area (Å²) >= 11 is 4.15. The zero-order chi connectivity index (χ0) is 16.0. The molecule has 0 aromatic heterocycles. The van der Waals surface area contributed by atoms with Gasteiger partial charge in [-0.15, -0.1) is 0 Å². The molecule has 20 heavy (non-hydrogen) atoms. The van der Waals surface area contributed by atoms with E-state index in [9.17, 15) is 5.11 Å². The number of aliphatic hydroxyl groups is 1. The van der Waals surface area contributed by atoms with Crippen LogP contribution in [-0.4, -0.2) is 17.3 Å². The van der Waals surface area contributed by atoms with Crippen molar-refractivity contribution >= 4 is 12.8 Å². The van der Waals surface area contributed by atoms with E-state index in [0.717, 1.165) is 19.3 Å². The largest absolute Gasteiger partial charge is 0.391 e. The molecule has 0 bridgehead atoms. The molecule has 0 amide bonds. The third-order valence-electron chi connectivity index (χ3n) is 6.06. The summed E-state index contributed by atoms with van der Waals surface area (Å²) in [4.78, 5) is 0. The molecule has 2 nitrogen and oxygen atoms in total. The smallest absolute Gasteiger partial charge is 0.0732 e. The Morgan fingerprint density at radius 3 is 1.75 bits per heavy atom. The number of thiol groups is 1. The Hall–Kier alpha value is 0.270. The molecular weight excluding hydrogens is 266 g/mol. The molecule has 0 rings (SSSR count). The molecule has 122 valence electrons. The van der Waals surface area contributed by atoms with Crippen LogP contribution in [0, 0.1) is 16.7 Å². The Labute approximate surface area is 132 Å². The van der Waals surface area contributed by atoms with Gasteiger partial charge in [0, 0.05) is 6.04 Å². The Morgan fingerprint density at radius 1 is 1.00 bits per heavy atom. The lowest BCUT2D eigenvalue weighted by Gasteiger charge is -2.45. The van der Waals surface area contributed by atoms with Crippen LogP contribution < -0.4 is 4.72 Å². The van der Waals surface area contributed by atoms with Crippen molar-refractivity contribution in [1.82, 2.24) is 4.72 Å². The van der Waals surface area contributed by atoms with Crippen molar-refractivity contribution in [1.29, 1.82) is 0 Å². The van der Waals surface area contributed by atoms with Gasteiger partial charge in [-0.05, 0) is 30.1 Å². The fraction of sp³-hybridized carbons (Fsp3) is 1.00. The van der Waals surface area contributed by atoms with Crippen LogP contribution in [0.3, 0.4) is 0 Å². The average molecular weight is 304 g/mol. The van der Waals surface area contributed by atoms with Crippen molar-refractivity contribution in [2.75, 3.05) is 0 Å². The molecule has 0 aliphatic carbocycles. The summed E-state index contributed by atoms with van der Waals surface area (Å²) in [6.07, 6.45) is 5.27. The van der Waals surface area contributed by atoms with E-state index in [-0.39, 0.29) is 17.6 Å². The highest BCUT2D eigenvalue weighted by Gasteiger charge is 2.41. The summed E-state index contributed by atoms with van der Waals surface area (Å²) in [6, 6.07) is 0.0127. The van der Waals surface area contributed by atoms with Gasteiger partial charge in [-0.25, -0.2) is 0 Å². The molecule has 3 atom stereocenters. The van der Waals surface area contributed by atoms with Crippen LogP contribution in [-0.2, 0) is 0 Å². The van der Waals surface area contributed by atoms with Gasteiger partial charge in [0.15, 0.2) is 0 Å². The topological polar surface area (TPSA) is 32.3 Å². The van der Waals surface area contributed by atoms with Crippen LogP contribution >= 0.6 is 12.8 Å². The molecule has 0 spiro atoms. The van der Waals surface area contributed by atoms with Crippen molar-refractivity contribution in [2.24, 2.45) is 16.7 Å². The maximum atomic E-state index is 10.8. The van der Waals surface area contributed by atoms with E-state index < -0.39 is 0 Å². The molecule has 0 fully saturated rings. The molecule has 3 unspecified atom stereocenters. The lowest BCUT2D eigenvalue weighted by molar-refractivity contribution is -0.0235. The average Bonchev–Trinajstić information content (AvgIpc) is 2.49. The molecule has 0 aliphatic rings. The van der Waals surface area contributed by atoms with Gasteiger partial charge in [-0.2, -0.15) is 0 Å². The second-order valence-electron chi connectivity index (χ2n) is 7.10. The van der Waals surface area contributed by atoms with E-state index in [1.165, 1.54) is 12.8 Å². The van der Waals surface area contributed by atoms with E-state index in [1.807, 2.05) is 6.92 Å². The third-order valence-corrected chi connectivity index (χ3v) is 6.47. The van der Waals surface area contributed by atoms with Crippen molar-refractivity contribution in [2.45, 2.75) is 92.7 Å². The summed E-state index contributed by atoms with van der Waals surface area (Å²) in [7, 11) is 0. The van der Waals surface area contributed by atoms with Crippen molar-refractivity contribution in [3.63, 3.8) is 0 Å². The highest BCUT2D eigenvalue weighted by molar-refractivity contribution is 7.78. The molecule has 3 heteroatoms. The molecule has 0 saturated carbocycles. The van der Waals surface area contributed by atoms with Gasteiger partial charge in [-0.3, -0.25) is 4.72 Å². The van der Waals surface area contributed by atoms with Crippen molar-refractivity contribution < 1.29 is 5.11 Å². The van der Waals surface area contributed by atoms with Crippen molar-refractivity contribution in [3.8, 4) is 0 Å². The van der Waals surface area contributed by atoms with E-state index in [0.29, 0.717) is 11.3 Å². The van der Waals surface area contributed by atoms with Crippen molar-refractivity contribution in [3.05, 3.63) is 0 Å². The molecule has 0 radical (unpaired) electrons. The molecule has 0 aromatic carbocycles. The normalized spacial score (nSPS) is 17.9. The first-order valence-electron chi connectivity index (χ1n) is 8.31. The molecule has 0 aromatic rings. The number of hydrogen-bond donors (Lipinski definition) is 3. The highest BCUT2D eigenvalue weighted by atomic mass is 32.1. The third kappa shape index (κ3) is 4.92. The number of nitrogens with one attached hydrogen (secondary N) is 1. The van der Waals surface area contributed by atoms with E-state index in [1.54, 1.807) is 0 Å². The SMILES string of the molecule is CCC(C)(CC)CC(C(O)C(C)NS)C(C)(CC)CC. The second kappa shape index (κ2) is 8.65. The van der Waals surface area contributed by atoms with Gasteiger partial charge in [0.05, 0.1) is 6.10 Å². The number of hydrogen-bond acceptors (Lipinski definition) is 3. The first kappa shape index (κ1) is 20.3. The molecule has 2 N–H and O–H groups in total. The summed E-state index contributed by atoms with van der Waals surface area (Å²) in [5.74, 6) is 0.303. The minimum Gasteiger partial charge on any atom is -0.391 e. The zero-order valence-electron chi connectivity index (χ0n) is 14.7. The monoisotopic (exact) mass is 303 g/mol. The van der Waals surface area contributed by atoms with Gasteiger partial charge in [0.25, 0.3) is 0 Å². The molecular formula is C17H37NOS. The van der Waals surface area contributed by atoms with Crippen LogP contribution in [0.4, 0.5) is 0 Å². The quantitative estimate of drug-likeness (QED) is 0.505. The van der Waals surface area contributed by atoms with Gasteiger partial charge < -0.3 is 5.11 Å². The van der Waals surface area contributed by atoms with Crippen LogP contribution in [0.1, 0.15) is 80.6 Å². The molecule has 0 aliphatic heterocycles. The minimum absolute atomic E-state index is 0.0127. The van der Waals surface area contributed by atoms with E-state index in [4.69, 9.17) is 0 Å². The van der Waals surface area contributed by atoms with Crippen LogP contribution in [0.15, 0.2) is 0 Å². The first-order chi connectivity index (χ1) is 9.23. The molecule has 0 heterocycles. The fourth-order valence-corrected chi connectivity index (χ4v) is 3.20. The summed E-state index contributed by atoms with van der Waals surface area (Å²) < 4.78 is 2.93. The van der Waals surface area contributed by atoms with Gasteiger partial charge in [0.2, 0.25) is 0 Å². The summed E-state index contributed by atoms with van der Waals surface area (Å²) in [5, 5.41) is 10.8. The van der Waals surface area contributed by atoms with E-state index in [2.05, 4.69) is 59.1 Å². The Balaban J connectivity index is 5.36. The van der Waals surface area contributed by atoms with Gasteiger partial charge in [-0.1, -0.05) is 80.0 Å². The Kier molecular flexibility index (Phi) is 8.77. The number of aliphatic hydroxyl groups excluding tert-OH is 1. The predicted octanol–water partition coefficient (Wildman–Crippen LogP) is 4.83. The highest BCUT2D eigenvalue weighted by Crippen LogP contribution is 2.46. The minimum atomic E-state index is -0.352. The standard InChI is InChI=1S/C17H37NOS/c1-8-16(6,9-2)12-14(15(19)13(5)18-20)17(7,10-3)11-4/h13-15,18-20H,8-12H2,1-7H3. The van der Waals surface area contributed by atoms with Crippen LogP contribution in [0.2, 0.25) is 0 Å². The zero-order valence-corrected chi connectivity index (χ0v) is 15.6. The fourth-order valence-electron chi connectivity index (χ4n) is 3.05. The lowest BCUT2D eigenvalue weighted by Crippen LogP contribution is -2.46. The van der Waals surface area contributed by atoms with Crippen LogP contribution in [0.25, 0.3) is 0 Å². The Bertz CT molecular complexity index is 262.